The highest BCUT2D eigenvalue weighted by atomic mass is 16.5. The number of ether oxygens (including phenoxy) is 1. The van der Waals surface area contributed by atoms with E-state index in [2.05, 4.69) is 20.8 Å². The van der Waals surface area contributed by atoms with Crippen molar-refractivity contribution >= 4 is 5.97 Å². The van der Waals surface area contributed by atoms with Gasteiger partial charge in [0.1, 0.15) is 6.61 Å². The van der Waals surface area contributed by atoms with Crippen LogP contribution in [-0.4, -0.2) is 12.6 Å². The summed E-state index contributed by atoms with van der Waals surface area (Å²) in [6.07, 6.45) is 6.65. The van der Waals surface area contributed by atoms with Crippen molar-refractivity contribution in [3.63, 3.8) is 0 Å². The van der Waals surface area contributed by atoms with Crippen molar-refractivity contribution in [1.82, 2.24) is 0 Å². The van der Waals surface area contributed by atoms with Gasteiger partial charge in [-0.25, -0.2) is 0 Å². The fourth-order valence-corrected chi connectivity index (χ4v) is 1.18. The lowest BCUT2D eigenvalue weighted by Gasteiger charge is -2.02. The molecule has 2 heteroatoms. The highest BCUT2D eigenvalue weighted by Gasteiger charge is 1.95. The monoisotopic (exact) mass is 210 g/mol. The first-order chi connectivity index (χ1) is 7.11. The lowest BCUT2D eigenvalue weighted by Crippen LogP contribution is -2.01. The molecule has 0 radical (unpaired) electrons. The third-order valence-corrected chi connectivity index (χ3v) is 2.30. The first kappa shape index (κ1) is 13.9. The zero-order valence-electron chi connectivity index (χ0n) is 10.3. The Morgan fingerprint density at radius 3 is 2.47 bits per heavy atom. The summed E-state index contributed by atoms with van der Waals surface area (Å²) in [5, 5.41) is 0. The summed E-state index contributed by atoms with van der Waals surface area (Å²) >= 11 is 0. The Bertz CT molecular complexity index is 249. The van der Waals surface area contributed by atoms with E-state index in [-0.39, 0.29) is 5.97 Å². The van der Waals surface area contributed by atoms with Gasteiger partial charge in [0.2, 0.25) is 0 Å². The van der Waals surface area contributed by atoms with Crippen molar-refractivity contribution in [2.24, 2.45) is 0 Å². The van der Waals surface area contributed by atoms with Crippen LogP contribution in [0.25, 0.3) is 0 Å². The minimum atomic E-state index is -0.147. The second-order valence-corrected chi connectivity index (χ2v) is 3.65. The van der Waals surface area contributed by atoms with Crippen LogP contribution in [0.2, 0.25) is 0 Å². The summed E-state index contributed by atoms with van der Waals surface area (Å²) in [5.41, 5.74) is 2.67. The molecule has 0 saturated carbocycles. The minimum absolute atomic E-state index is 0.147. The number of allylic oxidation sites excluding steroid dienone is 3. The standard InChI is InChI=1S/C13H22O2/c1-5-8-11(3)12(4)9-7-10-15-13(14)6-2/h7,9H,5-6,8,10H2,1-4H3/b9-7+,12-11+. The Balaban J connectivity index is 3.95. The quantitative estimate of drug-likeness (QED) is 0.494. The summed E-state index contributed by atoms with van der Waals surface area (Å²) in [6, 6.07) is 0. The van der Waals surface area contributed by atoms with Crippen molar-refractivity contribution in [3.05, 3.63) is 23.3 Å². The zero-order chi connectivity index (χ0) is 11.7. The number of hydrogen-bond donors (Lipinski definition) is 0. The zero-order valence-corrected chi connectivity index (χ0v) is 10.3. The number of hydrogen-bond acceptors (Lipinski definition) is 2. The molecule has 0 rings (SSSR count). The van der Waals surface area contributed by atoms with Crippen LogP contribution >= 0.6 is 0 Å². The van der Waals surface area contributed by atoms with Crippen LogP contribution in [0.15, 0.2) is 23.3 Å². The van der Waals surface area contributed by atoms with E-state index in [0.717, 1.165) is 6.42 Å². The van der Waals surface area contributed by atoms with Crippen LogP contribution in [0.4, 0.5) is 0 Å². The van der Waals surface area contributed by atoms with Crippen LogP contribution in [0, 0.1) is 0 Å². The molecule has 0 aliphatic rings. The third-order valence-electron chi connectivity index (χ3n) is 2.30. The largest absolute Gasteiger partial charge is 0.461 e. The molecule has 0 amide bonds. The number of carbonyl (C=O) groups is 1. The molecular formula is C13H22O2. The molecular weight excluding hydrogens is 188 g/mol. The normalized spacial score (nSPS) is 12.8. The molecule has 0 aliphatic carbocycles. The maximum atomic E-state index is 10.8. The van der Waals surface area contributed by atoms with Crippen molar-refractivity contribution in [2.75, 3.05) is 6.61 Å². The lowest BCUT2D eigenvalue weighted by atomic mass is 10.1. The Morgan fingerprint density at radius 1 is 1.27 bits per heavy atom. The van der Waals surface area contributed by atoms with Gasteiger partial charge in [-0.05, 0) is 26.3 Å². The topological polar surface area (TPSA) is 26.3 Å². The molecule has 86 valence electrons. The summed E-state index contributed by atoms with van der Waals surface area (Å²) in [7, 11) is 0. The van der Waals surface area contributed by atoms with Crippen LogP contribution in [0.5, 0.6) is 0 Å². The molecule has 0 saturated heterocycles. The molecule has 0 aromatic heterocycles. The van der Waals surface area contributed by atoms with E-state index in [1.807, 2.05) is 12.2 Å². The van der Waals surface area contributed by atoms with E-state index in [4.69, 9.17) is 4.74 Å². The molecule has 0 N–H and O–H groups in total. The Morgan fingerprint density at radius 2 is 1.93 bits per heavy atom. The van der Waals surface area contributed by atoms with Crippen molar-refractivity contribution in [1.29, 1.82) is 0 Å². The van der Waals surface area contributed by atoms with Crippen LogP contribution < -0.4 is 0 Å². The summed E-state index contributed by atoms with van der Waals surface area (Å²) in [5.74, 6) is -0.147. The first-order valence-corrected chi connectivity index (χ1v) is 5.60. The van der Waals surface area contributed by atoms with Gasteiger partial charge in [0.15, 0.2) is 0 Å². The molecule has 0 heterocycles. The second-order valence-electron chi connectivity index (χ2n) is 3.65. The minimum Gasteiger partial charge on any atom is -0.461 e. The molecule has 0 aromatic carbocycles. The van der Waals surface area contributed by atoms with Gasteiger partial charge in [-0.3, -0.25) is 4.79 Å². The Labute approximate surface area is 93.0 Å². The van der Waals surface area contributed by atoms with Crippen LogP contribution in [0.3, 0.4) is 0 Å². The molecule has 0 fully saturated rings. The van der Waals surface area contributed by atoms with E-state index >= 15 is 0 Å². The van der Waals surface area contributed by atoms with Gasteiger partial charge >= 0.3 is 5.97 Å². The second kappa shape index (κ2) is 8.27. The average molecular weight is 210 g/mol. The fraction of sp³-hybridized carbons (Fsp3) is 0.615. The molecule has 0 spiro atoms. The summed E-state index contributed by atoms with van der Waals surface area (Å²) in [6.45, 7) is 8.57. The molecule has 15 heavy (non-hydrogen) atoms. The van der Waals surface area contributed by atoms with E-state index in [1.165, 1.54) is 17.6 Å². The first-order valence-electron chi connectivity index (χ1n) is 5.60. The predicted molar refractivity (Wildman–Crippen MR) is 63.7 cm³/mol. The van der Waals surface area contributed by atoms with Gasteiger partial charge in [-0.2, -0.15) is 0 Å². The van der Waals surface area contributed by atoms with Gasteiger partial charge in [0.25, 0.3) is 0 Å². The number of rotatable bonds is 6. The number of carbonyl (C=O) groups excluding carboxylic acids is 1. The molecule has 0 aromatic rings. The fourth-order valence-electron chi connectivity index (χ4n) is 1.18. The van der Waals surface area contributed by atoms with E-state index < -0.39 is 0 Å². The maximum absolute atomic E-state index is 10.8. The van der Waals surface area contributed by atoms with Crippen molar-refractivity contribution in [3.8, 4) is 0 Å². The molecule has 0 bridgehead atoms. The Kier molecular flexibility index (Phi) is 7.69. The molecule has 2 nitrogen and oxygen atoms in total. The van der Waals surface area contributed by atoms with Crippen LogP contribution in [-0.2, 0) is 9.53 Å². The van der Waals surface area contributed by atoms with Gasteiger partial charge < -0.3 is 4.74 Å². The summed E-state index contributed by atoms with van der Waals surface area (Å²) in [4.78, 5) is 10.8. The SMILES string of the molecule is CCC/C(C)=C(C)/C=C/COC(=O)CC. The Hall–Kier alpha value is -1.05. The smallest absolute Gasteiger partial charge is 0.305 e. The van der Waals surface area contributed by atoms with E-state index in [0.29, 0.717) is 13.0 Å². The molecule has 0 atom stereocenters. The van der Waals surface area contributed by atoms with Crippen LogP contribution in [0.1, 0.15) is 47.0 Å². The predicted octanol–water partition coefficient (Wildman–Crippen LogP) is 3.63. The average Bonchev–Trinajstić information content (AvgIpc) is 2.23. The molecule has 0 aliphatic heterocycles. The highest BCUT2D eigenvalue weighted by Crippen LogP contribution is 2.10. The third kappa shape index (κ3) is 6.95. The van der Waals surface area contributed by atoms with E-state index in [9.17, 15) is 4.79 Å². The van der Waals surface area contributed by atoms with Crippen molar-refractivity contribution < 1.29 is 9.53 Å². The van der Waals surface area contributed by atoms with Crippen molar-refractivity contribution in [2.45, 2.75) is 47.0 Å². The summed E-state index contributed by atoms with van der Waals surface area (Å²) < 4.78 is 4.93. The highest BCUT2D eigenvalue weighted by molar-refractivity contribution is 5.68. The lowest BCUT2D eigenvalue weighted by molar-refractivity contribution is -0.141. The van der Waals surface area contributed by atoms with Gasteiger partial charge in [-0.1, -0.05) is 37.5 Å². The van der Waals surface area contributed by atoms with Gasteiger partial charge in [0.05, 0.1) is 0 Å². The molecule has 0 unspecified atom stereocenters. The number of esters is 1. The van der Waals surface area contributed by atoms with E-state index in [1.54, 1.807) is 6.92 Å². The van der Waals surface area contributed by atoms with Gasteiger partial charge in [0, 0.05) is 6.42 Å². The van der Waals surface area contributed by atoms with Gasteiger partial charge in [-0.15, -0.1) is 0 Å². The maximum Gasteiger partial charge on any atom is 0.305 e.